The number of amides is 1. The number of ether oxygens (including phenoxy) is 3. The number of fused-ring (bicyclic) bond motifs is 1. The van der Waals surface area contributed by atoms with Gasteiger partial charge < -0.3 is 24.8 Å². The molecule has 0 radical (unpaired) electrons. The summed E-state index contributed by atoms with van der Waals surface area (Å²) in [5.41, 5.74) is 1.19. The van der Waals surface area contributed by atoms with Gasteiger partial charge in [-0.05, 0) is 51.0 Å². The number of hydrogen-bond acceptors (Lipinski definition) is 9. The van der Waals surface area contributed by atoms with E-state index < -0.39 is 5.82 Å². The number of aromatic nitrogens is 2. The summed E-state index contributed by atoms with van der Waals surface area (Å²) in [6.45, 7) is 5.83. The number of hydrogen-bond donors (Lipinski definition) is 2. The minimum atomic E-state index is -0.528. The molecule has 2 N–H and O–H groups in total. The predicted octanol–water partition coefficient (Wildman–Crippen LogP) is 4.86. The van der Waals surface area contributed by atoms with Crippen LogP contribution < -0.4 is 15.4 Å². The number of carbonyl (C=O) groups is 2. The molecule has 3 aromatic rings. The lowest BCUT2D eigenvalue weighted by atomic mass is 10.0. The molecular formula is C29H31ClFN5O5. The third kappa shape index (κ3) is 7.10. The SMILES string of the molecule is CC1(C)COC(=O)CN1CC=CC(=O)Nc1cc2c(Nc3ccc(F)c(Cl)c3)ncnc2cc1OCC1CCCO1. The van der Waals surface area contributed by atoms with Crippen LogP contribution in [-0.2, 0) is 19.1 Å². The topological polar surface area (TPSA) is 115 Å². The van der Waals surface area contributed by atoms with Gasteiger partial charge in [-0.25, -0.2) is 14.4 Å². The normalized spacial score (nSPS) is 18.9. The highest BCUT2D eigenvalue weighted by Gasteiger charge is 2.34. The Labute approximate surface area is 241 Å². The van der Waals surface area contributed by atoms with E-state index in [1.807, 2.05) is 18.7 Å². The van der Waals surface area contributed by atoms with Crippen LogP contribution >= 0.6 is 11.6 Å². The third-order valence-corrected chi connectivity index (χ3v) is 7.27. The molecule has 0 spiro atoms. The Morgan fingerprint density at radius 2 is 2.15 bits per heavy atom. The first kappa shape index (κ1) is 28.7. The highest BCUT2D eigenvalue weighted by molar-refractivity contribution is 6.31. The fraction of sp³-hybridized carbons (Fsp3) is 0.379. The van der Waals surface area contributed by atoms with E-state index >= 15 is 0 Å². The van der Waals surface area contributed by atoms with Crippen LogP contribution in [0.5, 0.6) is 5.75 Å². The fourth-order valence-corrected chi connectivity index (χ4v) is 4.79. The number of nitrogens with zero attached hydrogens (tertiary/aromatic N) is 3. The molecule has 0 saturated carbocycles. The summed E-state index contributed by atoms with van der Waals surface area (Å²) in [4.78, 5) is 35.4. The molecule has 2 aliphatic heterocycles. The first-order valence-electron chi connectivity index (χ1n) is 13.3. The number of anilines is 3. The van der Waals surface area contributed by atoms with Crippen molar-refractivity contribution in [3.8, 4) is 5.75 Å². The maximum Gasteiger partial charge on any atom is 0.320 e. The molecule has 1 unspecified atom stereocenters. The lowest BCUT2D eigenvalue weighted by Gasteiger charge is -2.40. The third-order valence-electron chi connectivity index (χ3n) is 6.98. The van der Waals surface area contributed by atoms with Crippen molar-refractivity contribution >= 4 is 51.6 Å². The highest BCUT2D eigenvalue weighted by Crippen LogP contribution is 2.34. The molecule has 216 valence electrons. The zero-order valence-corrected chi connectivity index (χ0v) is 23.5. The molecule has 41 heavy (non-hydrogen) atoms. The molecule has 2 saturated heterocycles. The van der Waals surface area contributed by atoms with Crippen LogP contribution in [0.15, 0.2) is 48.8 Å². The molecule has 0 bridgehead atoms. The van der Waals surface area contributed by atoms with Crippen LogP contribution in [0.25, 0.3) is 10.9 Å². The van der Waals surface area contributed by atoms with E-state index in [-0.39, 0.29) is 41.7 Å². The fourth-order valence-electron chi connectivity index (χ4n) is 4.61. The average Bonchev–Trinajstić information content (AvgIpc) is 3.46. The van der Waals surface area contributed by atoms with E-state index in [4.69, 9.17) is 25.8 Å². The van der Waals surface area contributed by atoms with E-state index in [1.165, 1.54) is 24.5 Å². The van der Waals surface area contributed by atoms with Crippen molar-refractivity contribution in [3.05, 3.63) is 59.7 Å². The Hall–Kier alpha value is -3.80. The van der Waals surface area contributed by atoms with E-state index in [9.17, 15) is 14.0 Å². The maximum atomic E-state index is 13.7. The number of morpholine rings is 1. The molecule has 0 aliphatic carbocycles. The second kappa shape index (κ2) is 12.4. The molecule has 2 aliphatic rings. The van der Waals surface area contributed by atoms with Crippen molar-refractivity contribution in [1.29, 1.82) is 0 Å². The van der Waals surface area contributed by atoms with Gasteiger partial charge >= 0.3 is 5.97 Å². The van der Waals surface area contributed by atoms with Gasteiger partial charge in [0.1, 0.15) is 36.9 Å². The largest absolute Gasteiger partial charge is 0.489 e. The number of esters is 1. The van der Waals surface area contributed by atoms with Crippen LogP contribution in [0, 0.1) is 5.82 Å². The van der Waals surface area contributed by atoms with E-state index in [0.29, 0.717) is 53.6 Å². The zero-order valence-electron chi connectivity index (χ0n) is 22.8. The van der Waals surface area contributed by atoms with E-state index in [1.54, 1.807) is 24.3 Å². The van der Waals surface area contributed by atoms with Crippen LogP contribution in [0.1, 0.15) is 26.7 Å². The van der Waals surface area contributed by atoms with Gasteiger partial charge in [0, 0.05) is 36.4 Å². The quantitative estimate of drug-likeness (QED) is 0.269. The lowest BCUT2D eigenvalue weighted by Crippen LogP contribution is -2.54. The van der Waals surface area contributed by atoms with Crippen molar-refractivity contribution in [2.45, 2.75) is 38.3 Å². The number of halogens is 2. The number of cyclic esters (lactones) is 1. The lowest BCUT2D eigenvalue weighted by molar-refractivity contribution is -0.159. The van der Waals surface area contributed by atoms with Crippen LogP contribution in [0.4, 0.5) is 21.6 Å². The zero-order chi connectivity index (χ0) is 29.0. The molecule has 5 rings (SSSR count). The van der Waals surface area contributed by atoms with Crippen LogP contribution in [0.3, 0.4) is 0 Å². The Bertz CT molecular complexity index is 1480. The first-order valence-corrected chi connectivity index (χ1v) is 13.7. The Kier molecular flexibility index (Phi) is 8.67. The summed E-state index contributed by atoms with van der Waals surface area (Å²) in [5, 5.41) is 6.61. The summed E-state index contributed by atoms with van der Waals surface area (Å²) >= 11 is 5.95. The number of rotatable bonds is 9. The van der Waals surface area contributed by atoms with Gasteiger partial charge in [-0.15, -0.1) is 0 Å². The van der Waals surface area contributed by atoms with Gasteiger partial charge in [-0.1, -0.05) is 17.7 Å². The molecule has 2 fully saturated rings. The monoisotopic (exact) mass is 583 g/mol. The summed E-state index contributed by atoms with van der Waals surface area (Å²) in [6, 6.07) is 7.72. The molecule has 10 nitrogen and oxygen atoms in total. The average molecular weight is 584 g/mol. The Morgan fingerprint density at radius 1 is 1.29 bits per heavy atom. The van der Waals surface area contributed by atoms with Crippen molar-refractivity contribution in [3.63, 3.8) is 0 Å². The number of benzene rings is 2. The number of carbonyl (C=O) groups excluding carboxylic acids is 2. The first-order chi connectivity index (χ1) is 19.7. The van der Waals surface area contributed by atoms with Crippen molar-refractivity contribution in [1.82, 2.24) is 14.9 Å². The minimum Gasteiger partial charge on any atom is -0.489 e. The summed E-state index contributed by atoms with van der Waals surface area (Å²) in [7, 11) is 0. The molecule has 1 amide bonds. The van der Waals surface area contributed by atoms with E-state index in [0.717, 1.165) is 12.8 Å². The van der Waals surface area contributed by atoms with Crippen molar-refractivity contribution < 1.29 is 28.2 Å². The summed E-state index contributed by atoms with van der Waals surface area (Å²) in [6.07, 6.45) is 6.37. The maximum absolute atomic E-state index is 13.7. The minimum absolute atomic E-state index is 0.0252. The van der Waals surface area contributed by atoms with Gasteiger partial charge in [0.2, 0.25) is 5.91 Å². The van der Waals surface area contributed by atoms with Crippen molar-refractivity contribution in [2.75, 3.05) is 43.5 Å². The number of nitrogens with one attached hydrogen (secondary N) is 2. The predicted molar refractivity (Wildman–Crippen MR) is 153 cm³/mol. The second-order valence-electron chi connectivity index (χ2n) is 10.5. The molecule has 3 heterocycles. The molecule has 1 aromatic heterocycles. The second-order valence-corrected chi connectivity index (χ2v) is 10.9. The standard InChI is InChI=1S/C29H31ClFN5O5/c1-29(2)16-41-27(38)14-36(29)9-3-6-26(37)35-24-12-20-23(13-25(24)40-15-19-5-4-10-39-19)32-17-33-28(20)34-18-7-8-22(31)21(30)11-18/h3,6-8,11-13,17,19H,4-5,9-10,14-16H2,1-2H3,(H,35,37)(H,32,33,34). The molecule has 2 aromatic carbocycles. The van der Waals surface area contributed by atoms with Crippen LogP contribution in [0.2, 0.25) is 5.02 Å². The summed E-state index contributed by atoms with van der Waals surface area (Å²) in [5.74, 6) is -0.321. The van der Waals surface area contributed by atoms with Crippen LogP contribution in [-0.4, -0.2) is 71.3 Å². The Balaban J connectivity index is 1.38. The molecule has 12 heteroatoms. The molecule has 1 atom stereocenters. The van der Waals surface area contributed by atoms with Crippen molar-refractivity contribution in [2.24, 2.45) is 0 Å². The van der Waals surface area contributed by atoms with Gasteiger partial charge in [0.05, 0.1) is 34.4 Å². The van der Waals surface area contributed by atoms with Gasteiger partial charge in [-0.2, -0.15) is 0 Å². The smallest absolute Gasteiger partial charge is 0.320 e. The summed E-state index contributed by atoms with van der Waals surface area (Å²) < 4.78 is 30.6. The molecular weight excluding hydrogens is 553 g/mol. The van der Waals surface area contributed by atoms with Gasteiger partial charge in [-0.3, -0.25) is 14.5 Å². The van der Waals surface area contributed by atoms with Gasteiger partial charge in [0.15, 0.2) is 0 Å². The van der Waals surface area contributed by atoms with Gasteiger partial charge in [0.25, 0.3) is 0 Å². The Morgan fingerprint density at radius 3 is 2.93 bits per heavy atom. The highest BCUT2D eigenvalue weighted by atomic mass is 35.5. The van der Waals surface area contributed by atoms with E-state index in [2.05, 4.69) is 20.6 Å².